The van der Waals surface area contributed by atoms with Gasteiger partial charge in [0.05, 0.1) is 11.2 Å². The summed E-state index contributed by atoms with van der Waals surface area (Å²) in [5.74, 6) is 2.33. The van der Waals surface area contributed by atoms with Gasteiger partial charge < -0.3 is 10.0 Å². The molecule has 0 bridgehead atoms. The van der Waals surface area contributed by atoms with Gasteiger partial charge in [0.15, 0.2) is 5.78 Å². The number of amides is 1. The van der Waals surface area contributed by atoms with Crippen molar-refractivity contribution >= 4 is 23.2 Å². The molecular formula is C46H60FN3O4. The third-order valence-electron chi connectivity index (χ3n) is 15.9. The fraction of sp³-hybridized carbons (Fsp3) is 0.652. The van der Waals surface area contributed by atoms with E-state index in [1.807, 2.05) is 24.3 Å². The predicted molar refractivity (Wildman–Crippen MR) is 209 cm³/mol. The average molecular weight is 738 g/mol. The number of nitrogens with zero attached hydrogens (tertiary/aromatic N) is 3. The summed E-state index contributed by atoms with van der Waals surface area (Å²) in [6.45, 7) is 8.77. The Morgan fingerprint density at radius 3 is 2.46 bits per heavy atom. The van der Waals surface area contributed by atoms with Crippen LogP contribution in [0.2, 0.25) is 0 Å². The van der Waals surface area contributed by atoms with Gasteiger partial charge in [0.2, 0.25) is 0 Å². The highest BCUT2D eigenvalue weighted by Crippen LogP contribution is 2.68. The van der Waals surface area contributed by atoms with Crippen LogP contribution >= 0.6 is 0 Å². The summed E-state index contributed by atoms with van der Waals surface area (Å²) in [6.07, 6.45) is 15.3. The standard InChI is InChI=1S/C46H60FN3O4/c1-44-19-15-33(51)29-32(44)12-13-36-38(44)16-20-45(2)39(36)17-21-46(45,54)18-7-3-4-8-22-49-23-25-50(26-24-49)43(53)37-27-31(11-14-40(37)47)28-41-34-9-5-6-10-35(34)42(52)30-48-41/h5-6,9-11,14,27,32,36,38-39,54H,3-4,7-8,12-13,15-26,28-30H2,1-2H3/t32-,36+,38-,39-,44-,45-,46-/m1/s1. The number of Topliss-reactive ketones (excluding diaryl/α,β-unsaturated/α-hetero) is 2. The Kier molecular flexibility index (Phi) is 10.5. The monoisotopic (exact) mass is 737 g/mol. The van der Waals surface area contributed by atoms with Crippen molar-refractivity contribution in [2.45, 2.75) is 116 Å². The van der Waals surface area contributed by atoms with E-state index in [0.717, 1.165) is 113 Å². The smallest absolute Gasteiger partial charge is 0.256 e. The predicted octanol–water partition coefficient (Wildman–Crippen LogP) is 8.11. The van der Waals surface area contributed by atoms with Crippen LogP contribution in [0.15, 0.2) is 47.5 Å². The van der Waals surface area contributed by atoms with Gasteiger partial charge in [-0.05, 0) is 117 Å². The number of benzene rings is 2. The number of fused-ring (bicyclic) bond motifs is 6. The van der Waals surface area contributed by atoms with Crippen LogP contribution in [0.3, 0.4) is 0 Å². The number of carbonyl (C=O) groups excluding carboxylic acids is 3. The second-order valence-corrected chi connectivity index (χ2v) is 18.4. The number of ketones is 2. The number of aliphatic hydroxyl groups is 1. The molecule has 54 heavy (non-hydrogen) atoms. The molecule has 7 nitrogen and oxygen atoms in total. The summed E-state index contributed by atoms with van der Waals surface area (Å²) in [5, 5.41) is 12.2. The molecule has 8 heteroatoms. The molecule has 1 N–H and O–H groups in total. The maximum atomic E-state index is 15.0. The Hall–Kier alpha value is -3.23. The highest BCUT2D eigenvalue weighted by Gasteiger charge is 2.64. The minimum absolute atomic E-state index is 0.000104. The zero-order chi connectivity index (χ0) is 37.7. The van der Waals surface area contributed by atoms with E-state index in [1.165, 1.54) is 25.3 Å². The van der Waals surface area contributed by atoms with Gasteiger partial charge in [0.25, 0.3) is 5.91 Å². The van der Waals surface area contributed by atoms with Crippen LogP contribution in [0.1, 0.15) is 136 Å². The molecule has 0 radical (unpaired) electrons. The normalized spacial score (nSPS) is 33.8. The Balaban J connectivity index is 0.770. The molecule has 1 amide bonds. The van der Waals surface area contributed by atoms with Gasteiger partial charge in [-0.15, -0.1) is 0 Å². The van der Waals surface area contributed by atoms with Crippen LogP contribution in [0.4, 0.5) is 4.39 Å². The van der Waals surface area contributed by atoms with Crippen molar-refractivity contribution in [2.24, 2.45) is 39.5 Å². The van der Waals surface area contributed by atoms with Crippen molar-refractivity contribution in [2.75, 3.05) is 39.3 Å². The third-order valence-corrected chi connectivity index (χ3v) is 15.9. The minimum Gasteiger partial charge on any atom is -0.389 e. The number of unbranched alkanes of at least 4 members (excludes halogenated alkanes) is 3. The fourth-order valence-corrected chi connectivity index (χ4v) is 12.5. The number of piperazine rings is 1. The molecule has 7 atom stereocenters. The number of hydrogen-bond donors (Lipinski definition) is 1. The van der Waals surface area contributed by atoms with Crippen LogP contribution in [0, 0.1) is 40.3 Å². The van der Waals surface area contributed by atoms with Crippen LogP contribution in [-0.2, 0) is 11.2 Å². The molecule has 4 aliphatic carbocycles. The number of aliphatic imine (C=N–C) groups is 1. The quantitative estimate of drug-likeness (QED) is 0.249. The maximum Gasteiger partial charge on any atom is 0.256 e. The van der Waals surface area contributed by atoms with Gasteiger partial charge in [-0.1, -0.05) is 63.4 Å². The second-order valence-electron chi connectivity index (χ2n) is 18.4. The van der Waals surface area contributed by atoms with Gasteiger partial charge in [0.1, 0.15) is 18.1 Å². The first-order chi connectivity index (χ1) is 26.0. The summed E-state index contributed by atoms with van der Waals surface area (Å²) in [6, 6.07) is 12.2. The van der Waals surface area contributed by atoms with Crippen molar-refractivity contribution < 1.29 is 23.9 Å². The average Bonchev–Trinajstić information content (AvgIpc) is 3.45. The van der Waals surface area contributed by atoms with Gasteiger partial charge in [0, 0.05) is 62.3 Å². The van der Waals surface area contributed by atoms with E-state index in [4.69, 9.17) is 0 Å². The number of rotatable bonds is 10. The molecular weight excluding hydrogens is 678 g/mol. The molecule has 0 spiro atoms. The number of halogens is 1. The van der Waals surface area contributed by atoms with E-state index >= 15 is 4.39 Å². The molecule has 2 aromatic carbocycles. The first-order valence-electron chi connectivity index (χ1n) is 21.2. The van der Waals surface area contributed by atoms with Crippen molar-refractivity contribution in [3.63, 3.8) is 0 Å². The highest BCUT2D eigenvalue weighted by molar-refractivity contribution is 6.15. The minimum atomic E-state index is -0.555. The molecule has 0 aromatic heterocycles. The first kappa shape index (κ1) is 37.7. The Labute approximate surface area is 321 Å². The van der Waals surface area contributed by atoms with E-state index in [1.54, 1.807) is 17.0 Å². The zero-order valence-corrected chi connectivity index (χ0v) is 32.6. The third kappa shape index (κ3) is 6.82. The van der Waals surface area contributed by atoms with E-state index < -0.39 is 11.4 Å². The molecule has 2 heterocycles. The van der Waals surface area contributed by atoms with Crippen molar-refractivity contribution in [1.82, 2.24) is 9.80 Å². The molecule has 2 aliphatic heterocycles. The molecule has 1 saturated heterocycles. The molecule has 4 saturated carbocycles. The van der Waals surface area contributed by atoms with E-state index in [-0.39, 0.29) is 29.2 Å². The van der Waals surface area contributed by atoms with E-state index in [2.05, 4.69) is 23.7 Å². The summed E-state index contributed by atoms with van der Waals surface area (Å²) >= 11 is 0. The zero-order valence-electron chi connectivity index (χ0n) is 32.6. The molecule has 6 aliphatic rings. The second kappa shape index (κ2) is 15.0. The molecule has 0 unspecified atom stereocenters. The fourth-order valence-electron chi connectivity index (χ4n) is 12.5. The lowest BCUT2D eigenvalue weighted by Gasteiger charge is -2.61. The Bertz CT molecular complexity index is 1800. The maximum absolute atomic E-state index is 15.0. The summed E-state index contributed by atoms with van der Waals surface area (Å²) in [5.41, 5.74) is 2.94. The van der Waals surface area contributed by atoms with Crippen molar-refractivity contribution in [3.05, 3.63) is 70.5 Å². The largest absolute Gasteiger partial charge is 0.389 e. The molecule has 290 valence electrons. The van der Waals surface area contributed by atoms with Crippen molar-refractivity contribution in [1.29, 1.82) is 0 Å². The van der Waals surface area contributed by atoms with Crippen LogP contribution < -0.4 is 0 Å². The Morgan fingerprint density at radius 1 is 0.889 bits per heavy atom. The van der Waals surface area contributed by atoms with Gasteiger partial charge >= 0.3 is 0 Å². The highest BCUT2D eigenvalue weighted by atomic mass is 19.1. The van der Waals surface area contributed by atoms with E-state index in [9.17, 15) is 19.5 Å². The molecule has 8 rings (SSSR count). The summed E-state index contributed by atoms with van der Waals surface area (Å²) < 4.78 is 15.0. The number of carbonyl (C=O) groups is 3. The van der Waals surface area contributed by atoms with Crippen LogP contribution in [0.25, 0.3) is 0 Å². The lowest BCUT2D eigenvalue weighted by molar-refractivity contribution is -0.158. The van der Waals surface area contributed by atoms with Crippen LogP contribution in [-0.4, -0.2) is 83.0 Å². The lowest BCUT2D eigenvalue weighted by Crippen LogP contribution is -2.56. The topological polar surface area (TPSA) is 90.3 Å². The summed E-state index contributed by atoms with van der Waals surface area (Å²) in [7, 11) is 0. The van der Waals surface area contributed by atoms with E-state index in [0.29, 0.717) is 54.0 Å². The summed E-state index contributed by atoms with van der Waals surface area (Å²) in [4.78, 5) is 46.8. The van der Waals surface area contributed by atoms with Crippen LogP contribution in [0.5, 0.6) is 0 Å². The van der Waals surface area contributed by atoms with Gasteiger partial charge in [-0.3, -0.25) is 24.3 Å². The van der Waals surface area contributed by atoms with Gasteiger partial charge in [-0.2, -0.15) is 0 Å². The van der Waals surface area contributed by atoms with Gasteiger partial charge in [-0.25, -0.2) is 4.39 Å². The van der Waals surface area contributed by atoms with Crippen molar-refractivity contribution in [3.8, 4) is 0 Å². The Morgan fingerprint density at radius 2 is 1.65 bits per heavy atom. The lowest BCUT2D eigenvalue weighted by atomic mass is 9.44. The molecule has 2 aromatic rings. The number of hydrogen-bond acceptors (Lipinski definition) is 6. The molecule has 5 fully saturated rings. The SMILES string of the molecule is C[C@@]12CCC(=O)C[C@H]1CC[C@H]1[C@H]2CC[C@]2(C)[C@@H]1CC[C@]2(O)CCCCCCN1CCN(C(=O)c2cc(CC3=NCC(=O)c4ccccc43)ccc2F)CC1. The first-order valence-corrected chi connectivity index (χ1v) is 21.2.